The molecule has 0 saturated carbocycles. The van der Waals surface area contributed by atoms with Gasteiger partial charge in [0.2, 0.25) is 0 Å². The van der Waals surface area contributed by atoms with E-state index in [0.717, 1.165) is 26.1 Å². The first kappa shape index (κ1) is 15.1. The zero-order valence-electron chi connectivity index (χ0n) is 11.1. The van der Waals surface area contributed by atoms with Crippen LogP contribution in [0.3, 0.4) is 0 Å². The van der Waals surface area contributed by atoms with Crippen LogP contribution in [0.5, 0.6) is 0 Å². The summed E-state index contributed by atoms with van der Waals surface area (Å²) in [7, 11) is -2.18. The molecule has 0 saturated heterocycles. The highest BCUT2D eigenvalue weighted by atomic mass is 28.4. The van der Waals surface area contributed by atoms with E-state index in [0.29, 0.717) is 0 Å². The van der Waals surface area contributed by atoms with Gasteiger partial charge < -0.3 is 8.85 Å². The van der Waals surface area contributed by atoms with Gasteiger partial charge in [0.1, 0.15) is 0 Å². The first-order valence-electron chi connectivity index (χ1n) is 5.90. The summed E-state index contributed by atoms with van der Waals surface area (Å²) < 4.78 is 11.7. The minimum atomic E-state index is -2.18. The van der Waals surface area contributed by atoms with E-state index in [4.69, 9.17) is 8.85 Å². The van der Waals surface area contributed by atoms with Crippen molar-refractivity contribution < 1.29 is 8.85 Å². The highest BCUT2D eigenvalue weighted by Crippen LogP contribution is 2.11. The van der Waals surface area contributed by atoms with Crippen molar-refractivity contribution in [3.05, 3.63) is 0 Å². The van der Waals surface area contributed by atoms with Crippen molar-refractivity contribution in [1.29, 1.82) is 0 Å². The maximum Gasteiger partial charge on any atom is 0.422 e. The molecule has 0 aliphatic carbocycles. The second-order valence-electron chi connectivity index (χ2n) is 5.02. The fourth-order valence-electron chi connectivity index (χ4n) is 1.39. The van der Waals surface area contributed by atoms with Gasteiger partial charge in [0.25, 0.3) is 0 Å². The molecule has 0 aliphatic rings. The van der Waals surface area contributed by atoms with Crippen molar-refractivity contribution in [2.45, 2.75) is 59.5 Å². The number of hydrogen-bond donors (Lipinski definition) is 1. The summed E-state index contributed by atoms with van der Waals surface area (Å²) in [5.41, 5.74) is 0.0441. The molecule has 0 fully saturated rings. The molecular weight excluding hydrogens is 206 g/mol. The average molecular weight is 233 g/mol. The van der Waals surface area contributed by atoms with Crippen LogP contribution in [0.25, 0.3) is 0 Å². The summed E-state index contributed by atoms with van der Waals surface area (Å²) in [5.74, 6) is 0. The third-order valence-corrected chi connectivity index (χ3v) is 4.48. The predicted molar refractivity (Wildman–Crippen MR) is 67.0 cm³/mol. The molecular formula is C11H27NO2Si. The SMILES string of the molecule is CCCO[Si](C)(NC(C)(C)C)OCCC. The maximum absolute atomic E-state index is 5.86. The molecule has 0 unspecified atom stereocenters. The van der Waals surface area contributed by atoms with Gasteiger partial charge in [-0.3, -0.25) is 4.98 Å². The molecule has 0 radical (unpaired) electrons. The van der Waals surface area contributed by atoms with Crippen molar-refractivity contribution in [2.24, 2.45) is 0 Å². The molecule has 0 aromatic heterocycles. The van der Waals surface area contributed by atoms with Crippen LogP contribution in [-0.4, -0.2) is 27.5 Å². The van der Waals surface area contributed by atoms with Gasteiger partial charge in [0.05, 0.1) is 0 Å². The van der Waals surface area contributed by atoms with Crippen LogP contribution >= 0.6 is 0 Å². The fraction of sp³-hybridized carbons (Fsp3) is 1.00. The summed E-state index contributed by atoms with van der Waals surface area (Å²) in [6.07, 6.45) is 2.06. The Morgan fingerprint density at radius 1 is 1.00 bits per heavy atom. The van der Waals surface area contributed by atoms with Crippen LogP contribution in [0.15, 0.2) is 0 Å². The lowest BCUT2D eigenvalue weighted by atomic mass is 10.1. The van der Waals surface area contributed by atoms with Crippen LogP contribution < -0.4 is 4.98 Å². The molecule has 0 aromatic rings. The first-order chi connectivity index (χ1) is 6.83. The summed E-state index contributed by atoms with van der Waals surface area (Å²) in [4.78, 5) is 3.50. The Bertz CT molecular complexity index is 160. The Morgan fingerprint density at radius 3 is 1.67 bits per heavy atom. The molecule has 0 bridgehead atoms. The quantitative estimate of drug-likeness (QED) is 0.686. The van der Waals surface area contributed by atoms with E-state index in [-0.39, 0.29) is 5.54 Å². The van der Waals surface area contributed by atoms with E-state index in [1.807, 2.05) is 0 Å². The highest BCUT2D eigenvalue weighted by Gasteiger charge is 2.35. The number of hydrogen-bond acceptors (Lipinski definition) is 3. The second-order valence-corrected chi connectivity index (χ2v) is 7.74. The summed E-state index contributed by atoms with van der Waals surface area (Å²) >= 11 is 0. The standard InChI is InChI=1S/C11H27NO2Si/c1-7-9-13-15(6,14-10-8-2)12-11(3,4)5/h12H,7-10H2,1-6H3. The van der Waals surface area contributed by atoms with Gasteiger partial charge in [-0.15, -0.1) is 0 Å². The number of nitrogens with one attached hydrogen (secondary N) is 1. The Kier molecular flexibility index (Phi) is 6.67. The third kappa shape index (κ3) is 7.96. The zero-order valence-corrected chi connectivity index (χ0v) is 12.1. The van der Waals surface area contributed by atoms with Crippen LogP contribution in [-0.2, 0) is 8.85 Å². The largest absolute Gasteiger partial charge is 0.422 e. The van der Waals surface area contributed by atoms with Gasteiger partial charge in [-0.05, 0) is 40.2 Å². The van der Waals surface area contributed by atoms with Crippen molar-refractivity contribution in [3.63, 3.8) is 0 Å². The molecule has 15 heavy (non-hydrogen) atoms. The molecule has 3 nitrogen and oxygen atoms in total. The molecule has 0 heterocycles. The summed E-state index contributed by atoms with van der Waals surface area (Å²) in [6, 6.07) is 0. The van der Waals surface area contributed by atoms with Gasteiger partial charge >= 0.3 is 8.72 Å². The smallest absolute Gasteiger partial charge is 0.383 e. The van der Waals surface area contributed by atoms with Gasteiger partial charge in [0.15, 0.2) is 0 Å². The van der Waals surface area contributed by atoms with E-state index in [2.05, 4.69) is 46.1 Å². The molecule has 1 N–H and O–H groups in total. The summed E-state index contributed by atoms with van der Waals surface area (Å²) in [6.45, 7) is 14.3. The highest BCUT2D eigenvalue weighted by molar-refractivity contribution is 6.63. The van der Waals surface area contributed by atoms with Crippen molar-refractivity contribution in [3.8, 4) is 0 Å². The Labute approximate surface area is 95.9 Å². The molecule has 0 spiro atoms. The Morgan fingerprint density at radius 2 is 1.40 bits per heavy atom. The molecule has 0 amide bonds. The molecule has 0 rings (SSSR count). The normalized spacial score (nSPS) is 13.2. The van der Waals surface area contributed by atoms with Gasteiger partial charge in [-0.2, -0.15) is 0 Å². The Hall–Kier alpha value is 0.0969. The number of rotatable bonds is 7. The van der Waals surface area contributed by atoms with Crippen molar-refractivity contribution in [2.75, 3.05) is 13.2 Å². The zero-order chi connectivity index (χ0) is 11.9. The van der Waals surface area contributed by atoms with E-state index in [1.165, 1.54) is 0 Å². The Balaban J connectivity index is 4.26. The average Bonchev–Trinajstić information content (AvgIpc) is 2.09. The van der Waals surface area contributed by atoms with E-state index >= 15 is 0 Å². The topological polar surface area (TPSA) is 30.5 Å². The molecule has 4 heteroatoms. The van der Waals surface area contributed by atoms with E-state index in [1.54, 1.807) is 0 Å². The lowest BCUT2D eigenvalue weighted by Crippen LogP contribution is -2.60. The van der Waals surface area contributed by atoms with E-state index in [9.17, 15) is 0 Å². The molecule has 92 valence electrons. The molecule has 0 aromatic carbocycles. The van der Waals surface area contributed by atoms with Crippen LogP contribution in [0.4, 0.5) is 0 Å². The molecule has 0 atom stereocenters. The van der Waals surface area contributed by atoms with Gasteiger partial charge in [-0.25, -0.2) is 0 Å². The summed E-state index contributed by atoms with van der Waals surface area (Å²) in [5, 5.41) is 0. The van der Waals surface area contributed by atoms with Gasteiger partial charge in [0, 0.05) is 18.8 Å². The van der Waals surface area contributed by atoms with Crippen LogP contribution in [0.2, 0.25) is 6.55 Å². The maximum atomic E-state index is 5.86. The lowest BCUT2D eigenvalue weighted by molar-refractivity contribution is 0.153. The predicted octanol–water partition coefficient (Wildman–Crippen LogP) is 2.80. The van der Waals surface area contributed by atoms with Crippen molar-refractivity contribution >= 4 is 8.72 Å². The molecule has 0 aliphatic heterocycles. The minimum absolute atomic E-state index is 0.0441. The van der Waals surface area contributed by atoms with Crippen molar-refractivity contribution in [1.82, 2.24) is 4.98 Å². The first-order valence-corrected chi connectivity index (χ1v) is 8.22. The monoisotopic (exact) mass is 233 g/mol. The van der Waals surface area contributed by atoms with Gasteiger partial charge in [-0.1, -0.05) is 13.8 Å². The van der Waals surface area contributed by atoms with E-state index < -0.39 is 8.72 Å². The lowest BCUT2D eigenvalue weighted by Gasteiger charge is -2.34. The van der Waals surface area contributed by atoms with Crippen LogP contribution in [0.1, 0.15) is 47.5 Å². The second kappa shape index (κ2) is 6.63. The fourth-order valence-corrected chi connectivity index (χ4v) is 4.17. The van der Waals surface area contributed by atoms with Crippen LogP contribution in [0, 0.1) is 0 Å². The third-order valence-electron chi connectivity index (χ3n) is 1.77. The minimum Gasteiger partial charge on any atom is -0.383 e.